The minimum atomic E-state index is 0.177. The van der Waals surface area contributed by atoms with Crippen LogP contribution in [0.4, 0.5) is 0 Å². The first-order valence-corrected chi connectivity index (χ1v) is 6.71. The number of para-hydroxylation sites is 1. The van der Waals surface area contributed by atoms with E-state index in [-0.39, 0.29) is 15.3 Å². The van der Waals surface area contributed by atoms with Gasteiger partial charge in [0.2, 0.25) is 0 Å². The molecule has 0 saturated heterocycles. The smallest absolute Gasteiger partial charge is 0.152 e. The molecule has 0 spiro atoms. The summed E-state index contributed by atoms with van der Waals surface area (Å²) in [6.45, 7) is 0. The zero-order valence-electron chi connectivity index (χ0n) is 9.62. The Kier molecular flexibility index (Phi) is 3.35. The molecule has 0 atom stereocenters. The van der Waals surface area contributed by atoms with E-state index in [9.17, 15) is 0 Å². The van der Waals surface area contributed by atoms with E-state index in [4.69, 9.17) is 34.8 Å². The topological polar surface area (TPSA) is 41.6 Å². The summed E-state index contributed by atoms with van der Waals surface area (Å²) in [5, 5.41) is 1.67. The van der Waals surface area contributed by atoms with E-state index >= 15 is 0 Å². The number of nitrogens with zero attached hydrogens (tertiary/aromatic N) is 2. The van der Waals surface area contributed by atoms with Crippen LogP contribution in [-0.4, -0.2) is 15.0 Å². The van der Waals surface area contributed by atoms with Gasteiger partial charge >= 0.3 is 0 Å². The maximum atomic E-state index is 5.90. The highest BCUT2D eigenvalue weighted by molar-refractivity contribution is 6.46. The molecular formula is C13H8Cl3N3. The Morgan fingerprint density at radius 3 is 2.42 bits per heavy atom. The molecule has 0 radical (unpaired) electrons. The number of nitrogens with one attached hydrogen (secondary N) is 1. The van der Waals surface area contributed by atoms with Gasteiger partial charge in [0.05, 0.1) is 0 Å². The molecule has 2 aromatic heterocycles. The van der Waals surface area contributed by atoms with Crippen LogP contribution in [0.3, 0.4) is 0 Å². The molecule has 0 saturated carbocycles. The van der Waals surface area contributed by atoms with Crippen molar-refractivity contribution in [1.82, 2.24) is 15.0 Å². The first-order chi connectivity index (χ1) is 9.15. The van der Waals surface area contributed by atoms with Gasteiger partial charge in [-0.2, -0.15) is 0 Å². The van der Waals surface area contributed by atoms with Gasteiger partial charge in [-0.1, -0.05) is 53.0 Å². The minimum absolute atomic E-state index is 0.177. The van der Waals surface area contributed by atoms with Crippen molar-refractivity contribution < 1.29 is 0 Å². The lowest BCUT2D eigenvalue weighted by atomic mass is 10.1. The van der Waals surface area contributed by atoms with Gasteiger partial charge in [-0.25, -0.2) is 9.97 Å². The lowest BCUT2D eigenvalue weighted by Crippen LogP contribution is -1.97. The van der Waals surface area contributed by atoms with Gasteiger partial charge in [-0.05, 0) is 11.6 Å². The summed E-state index contributed by atoms with van der Waals surface area (Å²) in [6, 6.07) is 8.03. The van der Waals surface area contributed by atoms with Crippen molar-refractivity contribution in [2.45, 2.75) is 6.42 Å². The quantitative estimate of drug-likeness (QED) is 0.707. The highest BCUT2D eigenvalue weighted by atomic mass is 35.5. The molecule has 3 rings (SSSR count). The van der Waals surface area contributed by atoms with Crippen molar-refractivity contribution in [2.24, 2.45) is 0 Å². The molecule has 0 unspecified atom stereocenters. The molecule has 0 amide bonds. The van der Waals surface area contributed by atoms with Crippen molar-refractivity contribution in [3.8, 4) is 0 Å². The van der Waals surface area contributed by atoms with Gasteiger partial charge in [0.1, 0.15) is 10.8 Å². The van der Waals surface area contributed by atoms with Crippen molar-refractivity contribution >= 4 is 45.7 Å². The maximum absolute atomic E-state index is 5.90. The van der Waals surface area contributed by atoms with E-state index in [1.807, 2.05) is 30.5 Å². The molecule has 0 aliphatic carbocycles. The number of fused-ring (bicyclic) bond motifs is 1. The second-order valence-corrected chi connectivity index (χ2v) is 5.17. The molecular weight excluding hydrogens is 305 g/mol. The monoisotopic (exact) mass is 311 g/mol. The highest BCUT2D eigenvalue weighted by Crippen LogP contribution is 2.27. The van der Waals surface area contributed by atoms with Gasteiger partial charge in [0, 0.05) is 23.5 Å². The summed E-state index contributed by atoms with van der Waals surface area (Å²) >= 11 is 17.6. The van der Waals surface area contributed by atoms with Crippen molar-refractivity contribution in [3.05, 3.63) is 57.2 Å². The molecule has 3 nitrogen and oxygen atoms in total. The Labute approximate surface area is 124 Å². The van der Waals surface area contributed by atoms with Crippen LogP contribution < -0.4 is 0 Å². The van der Waals surface area contributed by atoms with Gasteiger partial charge in [0.15, 0.2) is 10.3 Å². The maximum Gasteiger partial charge on any atom is 0.152 e. The second-order valence-electron chi connectivity index (χ2n) is 4.07. The molecule has 0 aliphatic heterocycles. The summed E-state index contributed by atoms with van der Waals surface area (Å²) < 4.78 is 0. The number of aromatic amines is 1. The minimum Gasteiger partial charge on any atom is -0.361 e. The standard InChI is InChI=1S/C13H8Cl3N3/c14-11-12(15)18-10(19-13(11)16)5-7-6-17-9-4-2-1-3-8(7)9/h1-4,6,17H,5H2. The lowest BCUT2D eigenvalue weighted by molar-refractivity contribution is 0.974. The fourth-order valence-electron chi connectivity index (χ4n) is 1.96. The molecule has 1 aromatic carbocycles. The number of rotatable bonds is 2. The number of hydrogen-bond donors (Lipinski definition) is 1. The van der Waals surface area contributed by atoms with Crippen LogP contribution in [0.25, 0.3) is 10.9 Å². The van der Waals surface area contributed by atoms with E-state index in [2.05, 4.69) is 15.0 Å². The normalized spacial score (nSPS) is 11.1. The third-order valence-corrected chi connectivity index (χ3v) is 3.94. The predicted molar refractivity (Wildman–Crippen MR) is 78.2 cm³/mol. The summed E-state index contributed by atoms with van der Waals surface area (Å²) in [6.07, 6.45) is 2.48. The van der Waals surface area contributed by atoms with E-state index in [0.29, 0.717) is 12.2 Å². The third-order valence-electron chi connectivity index (χ3n) is 2.84. The SMILES string of the molecule is Clc1nc(Cc2c[nH]c3ccccc23)nc(Cl)c1Cl. The fourth-order valence-corrected chi connectivity index (χ4v) is 2.47. The van der Waals surface area contributed by atoms with Crippen LogP contribution >= 0.6 is 34.8 Å². The van der Waals surface area contributed by atoms with Crippen LogP contribution in [0.15, 0.2) is 30.5 Å². The summed E-state index contributed by atoms with van der Waals surface area (Å²) in [5.74, 6) is 0.546. The van der Waals surface area contributed by atoms with E-state index in [1.165, 1.54) is 0 Å². The number of halogens is 3. The van der Waals surface area contributed by atoms with Crippen LogP contribution in [0, 0.1) is 0 Å². The fraction of sp³-hybridized carbons (Fsp3) is 0.0769. The molecule has 96 valence electrons. The van der Waals surface area contributed by atoms with Crippen LogP contribution in [-0.2, 0) is 6.42 Å². The molecule has 1 N–H and O–H groups in total. The van der Waals surface area contributed by atoms with Crippen molar-refractivity contribution in [1.29, 1.82) is 0 Å². The Bertz CT molecular complexity index is 729. The Morgan fingerprint density at radius 1 is 1.00 bits per heavy atom. The molecule has 6 heteroatoms. The predicted octanol–water partition coefficient (Wildman–Crippen LogP) is 4.51. The Hall–Kier alpha value is -1.29. The summed E-state index contributed by atoms with van der Waals surface area (Å²) in [7, 11) is 0. The van der Waals surface area contributed by atoms with Gasteiger partial charge < -0.3 is 4.98 Å². The van der Waals surface area contributed by atoms with Crippen LogP contribution in [0.1, 0.15) is 11.4 Å². The average Bonchev–Trinajstić information content (AvgIpc) is 2.79. The summed E-state index contributed by atoms with van der Waals surface area (Å²) in [4.78, 5) is 11.5. The molecule has 3 aromatic rings. The lowest BCUT2D eigenvalue weighted by Gasteiger charge is -2.03. The zero-order valence-corrected chi connectivity index (χ0v) is 11.9. The Morgan fingerprint density at radius 2 is 1.68 bits per heavy atom. The zero-order chi connectivity index (χ0) is 13.4. The van der Waals surface area contributed by atoms with Crippen molar-refractivity contribution in [3.63, 3.8) is 0 Å². The summed E-state index contributed by atoms with van der Waals surface area (Å²) in [5.41, 5.74) is 2.16. The number of H-pyrrole nitrogens is 1. The molecule has 2 heterocycles. The van der Waals surface area contributed by atoms with Gasteiger partial charge in [-0.15, -0.1) is 0 Å². The molecule has 19 heavy (non-hydrogen) atoms. The molecule has 0 bridgehead atoms. The number of hydrogen-bond acceptors (Lipinski definition) is 2. The average molecular weight is 313 g/mol. The number of benzene rings is 1. The second kappa shape index (κ2) is 5.00. The van der Waals surface area contributed by atoms with Crippen LogP contribution in [0.2, 0.25) is 15.3 Å². The number of aromatic nitrogens is 3. The van der Waals surface area contributed by atoms with E-state index < -0.39 is 0 Å². The Balaban J connectivity index is 2.01. The first kappa shape index (κ1) is 12.7. The van der Waals surface area contributed by atoms with Crippen LogP contribution in [0.5, 0.6) is 0 Å². The van der Waals surface area contributed by atoms with E-state index in [1.54, 1.807) is 0 Å². The molecule has 0 aliphatic rings. The highest BCUT2D eigenvalue weighted by Gasteiger charge is 2.11. The van der Waals surface area contributed by atoms with Gasteiger partial charge in [-0.3, -0.25) is 0 Å². The van der Waals surface area contributed by atoms with Gasteiger partial charge in [0.25, 0.3) is 0 Å². The first-order valence-electron chi connectivity index (χ1n) is 5.57. The third kappa shape index (κ3) is 2.41. The van der Waals surface area contributed by atoms with Crippen molar-refractivity contribution in [2.75, 3.05) is 0 Å². The molecule has 0 fully saturated rings. The largest absolute Gasteiger partial charge is 0.361 e. The van der Waals surface area contributed by atoms with E-state index in [0.717, 1.165) is 16.5 Å².